The summed E-state index contributed by atoms with van der Waals surface area (Å²) < 4.78 is 6.93. The van der Waals surface area contributed by atoms with E-state index in [1.807, 2.05) is 6.07 Å². The van der Waals surface area contributed by atoms with E-state index in [0.29, 0.717) is 5.75 Å². The highest BCUT2D eigenvalue weighted by Crippen LogP contribution is 2.36. The van der Waals surface area contributed by atoms with Crippen LogP contribution in [-0.4, -0.2) is 12.1 Å². The zero-order valence-corrected chi connectivity index (χ0v) is 11.0. The number of H-pyrrole nitrogens is 1. The Morgan fingerprint density at radius 2 is 2.00 bits per heavy atom. The highest BCUT2D eigenvalue weighted by Gasteiger charge is 2.10. The van der Waals surface area contributed by atoms with Crippen molar-refractivity contribution in [3.63, 3.8) is 0 Å². The molecule has 0 radical (unpaired) electrons. The lowest BCUT2D eigenvalue weighted by molar-refractivity contribution is 0.417. The first-order valence-electron chi connectivity index (χ1n) is 4.18. The predicted octanol–water partition coefficient (Wildman–Crippen LogP) is 3.06. The number of aromatic amines is 1. The van der Waals surface area contributed by atoms with E-state index in [9.17, 15) is 4.79 Å². The van der Waals surface area contributed by atoms with E-state index in [-0.39, 0.29) is 5.56 Å². The van der Waals surface area contributed by atoms with E-state index >= 15 is 0 Å². The van der Waals surface area contributed by atoms with Crippen molar-refractivity contribution in [2.75, 3.05) is 7.11 Å². The van der Waals surface area contributed by atoms with Gasteiger partial charge in [-0.2, -0.15) is 0 Å². The van der Waals surface area contributed by atoms with Crippen LogP contribution in [0.3, 0.4) is 0 Å². The lowest BCUT2D eigenvalue weighted by Gasteiger charge is -2.08. The van der Waals surface area contributed by atoms with Crippen LogP contribution in [0, 0.1) is 0 Å². The van der Waals surface area contributed by atoms with Gasteiger partial charge < -0.3 is 9.72 Å². The van der Waals surface area contributed by atoms with Gasteiger partial charge in [0.05, 0.1) is 17.1 Å². The van der Waals surface area contributed by atoms with E-state index in [1.54, 1.807) is 13.2 Å². The Hall–Kier alpha value is -0.810. The Labute approximate surface area is 103 Å². The molecule has 0 fully saturated rings. The molecule has 0 saturated heterocycles. The highest BCUT2D eigenvalue weighted by atomic mass is 79.9. The quantitative estimate of drug-likeness (QED) is 0.872. The van der Waals surface area contributed by atoms with Crippen molar-refractivity contribution in [3.8, 4) is 5.75 Å². The van der Waals surface area contributed by atoms with E-state index in [1.165, 1.54) is 6.07 Å². The minimum absolute atomic E-state index is 0.132. The smallest absolute Gasteiger partial charge is 0.248 e. The van der Waals surface area contributed by atoms with E-state index in [4.69, 9.17) is 4.74 Å². The van der Waals surface area contributed by atoms with Gasteiger partial charge in [-0.3, -0.25) is 4.79 Å². The maximum absolute atomic E-state index is 11.2. The van der Waals surface area contributed by atoms with Gasteiger partial charge in [0.2, 0.25) is 5.56 Å². The molecule has 2 aromatic rings. The fraction of sp³-hybridized carbons (Fsp3) is 0.100. The monoisotopic (exact) mass is 331 g/mol. The summed E-state index contributed by atoms with van der Waals surface area (Å²) in [5, 5.41) is 0.860. The molecule has 0 atom stereocenters. The normalized spacial score (nSPS) is 10.6. The number of fused-ring (bicyclic) bond motifs is 1. The maximum Gasteiger partial charge on any atom is 0.248 e. The third kappa shape index (κ3) is 1.81. The summed E-state index contributed by atoms with van der Waals surface area (Å²) in [7, 11) is 1.60. The van der Waals surface area contributed by atoms with Crippen molar-refractivity contribution in [3.05, 3.63) is 37.5 Å². The molecule has 78 valence electrons. The third-order valence-electron chi connectivity index (χ3n) is 2.08. The van der Waals surface area contributed by atoms with Crippen molar-refractivity contribution in [1.82, 2.24) is 4.98 Å². The Kier molecular flexibility index (Phi) is 2.84. The van der Waals surface area contributed by atoms with Crippen LogP contribution in [0.25, 0.3) is 10.9 Å². The van der Waals surface area contributed by atoms with Crippen molar-refractivity contribution in [2.24, 2.45) is 0 Å². The number of methoxy groups -OCH3 is 1. The second-order valence-electron chi connectivity index (χ2n) is 2.98. The molecule has 0 bridgehead atoms. The number of benzene rings is 1. The zero-order chi connectivity index (χ0) is 11.0. The fourth-order valence-electron chi connectivity index (χ4n) is 1.44. The summed E-state index contributed by atoms with van der Waals surface area (Å²) in [4.78, 5) is 13.9. The Balaban J connectivity index is 2.96. The van der Waals surface area contributed by atoms with Crippen molar-refractivity contribution >= 4 is 42.8 Å². The molecule has 15 heavy (non-hydrogen) atoms. The second kappa shape index (κ2) is 3.98. The molecule has 0 unspecified atom stereocenters. The molecule has 1 heterocycles. The van der Waals surface area contributed by atoms with Crippen LogP contribution in [0.5, 0.6) is 5.75 Å². The molecule has 0 amide bonds. The first-order valence-corrected chi connectivity index (χ1v) is 5.77. The molecule has 1 aromatic heterocycles. The molecule has 3 nitrogen and oxygen atoms in total. The molecule has 0 aliphatic carbocycles. The van der Waals surface area contributed by atoms with Gasteiger partial charge in [-0.1, -0.05) is 0 Å². The summed E-state index contributed by atoms with van der Waals surface area (Å²) in [5.41, 5.74) is 0.607. The number of nitrogens with one attached hydrogen (secondary N) is 1. The van der Waals surface area contributed by atoms with Crippen molar-refractivity contribution in [1.29, 1.82) is 0 Å². The molecule has 0 saturated carbocycles. The zero-order valence-electron chi connectivity index (χ0n) is 7.80. The third-order valence-corrected chi connectivity index (χ3v) is 3.29. The van der Waals surface area contributed by atoms with Gasteiger partial charge in [0.15, 0.2) is 0 Å². The summed E-state index contributed by atoms with van der Waals surface area (Å²) in [6.07, 6.45) is 0. The van der Waals surface area contributed by atoms with Crippen LogP contribution < -0.4 is 10.3 Å². The summed E-state index contributed by atoms with van der Waals surface area (Å²) in [5.74, 6) is 0.712. The Morgan fingerprint density at radius 1 is 1.27 bits per heavy atom. The molecule has 1 aromatic carbocycles. The summed E-state index contributed by atoms with van der Waals surface area (Å²) >= 11 is 6.79. The molecule has 0 aliphatic rings. The van der Waals surface area contributed by atoms with Crippen molar-refractivity contribution in [2.45, 2.75) is 0 Å². The summed E-state index contributed by atoms with van der Waals surface area (Å²) in [6, 6.07) is 5.06. The first-order chi connectivity index (χ1) is 7.13. The molecule has 0 spiro atoms. The van der Waals surface area contributed by atoms with Gasteiger partial charge in [-0.15, -0.1) is 0 Å². The highest BCUT2D eigenvalue weighted by molar-refractivity contribution is 9.11. The molecule has 5 heteroatoms. The van der Waals surface area contributed by atoms with Gasteiger partial charge in [0, 0.05) is 15.9 Å². The number of ether oxygens (including phenoxy) is 1. The van der Waals surface area contributed by atoms with Crippen LogP contribution in [-0.2, 0) is 0 Å². The van der Waals surface area contributed by atoms with E-state index in [0.717, 1.165) is 19.8 Å². The topological polar surface area (TPSA) is 42.1 Å². The number of pyridine rings is 1. The Bertz CT molecular complexity index is 577. The molecular weight excluding hydrogens is 326 g/mol. The van der Waals surface area contributed by atoms with Crippen LogP contribution in [0.4, 0.5) is 0 Å². The lowest BCUT2D eigenvalue weighted by atomic mass is 10.2. The average molecular weight is 333 g/mol. The number of aromatic nitrogens is 1. The van der Waals surface area contributed by atoms with Crippen molar-refractivity contribution < 1.29 is 4.74 Å². The number of rotatable bonds is 1. The van der Waals surface area contributed by atoms with Gasteiger partial charge in [0.1, 0.15) is 5.75 Å². The minimum atomic E-state index is -0.132. The largest absolute Gasteiger partial charge is 0.495 e. The van der Waals surface area contributed by atoms with E-state index < -0.39 is 0 Å². The standard InChI is InChI=1S/C10H7Br2NO2/c1-15-10-5-2-3-8(14)13-9(5)6(11)4-7(10)12/h2-4H,1H3,(H,13,14). The van der Waals surface area contributed by atoms with E-state index in [2.05, 4.69) is 36.8 Å². The van der Waals surface area contributed by atoms with Gasteiger partial charge in [-0.05, 0) is 44.0 Å². The fourth-order valence-corrected chi connectivity index (χ4v) is 2.89. The number of hydrogen-bond acceptors (Lipinski definition) is 2. The maximum atomic E-state index is 11.2. The average Bonchev–Trinajstić information content (AvgIpc) is 2.19. The second-order valence-corrected chi connectivity index (χ2v) is 4.69. The molecule has 1 N–H and O–H groups in total. The minimum Gasteiger partial charge on any atom is -0.495 e. The lowest BCUT2D eigenvalue weighted by Crippen LogP contribution is -2.03. The number of halogens is 2. The first kappa shape index (κ1) is 10.7. The van der Waals surface area contributed by atoms with Crippen LogP contribution in [0.2, 0.25) is 0 Å². The van der Waals surface area contributed by atoms with Crippen LogP contribution in [0.1, 0.15) is 0 Å². The molecule has 0 aliphatic heterocycles. The van der Waals surface area contributed by atoms with Gasteiger partial charge in [0.25, 0.3) is 0 Å². The van der Waals surface area contributed by atoms with Crippen LogP contribution >= 0.6 is 31.9 Å². The SMILES string of the molecule is COc1c(Br)cc(Br)c2[nH]c(=O)ccc12. The van der Waals surface area contributed by atoms with Gasteiger partial charge >= 0.3 is 0 Å². The summed E-state index contributed by atoms with van der Waals surface area (Å²) in [6.45, 7) is 0. The molecular formula is C10H7Br2NO2. The van der Waals surface area contributed by atoms with Crippen LogP contribution in [0.15, 0.2) is 31.9 Å². The Morgan fingerprint density at radius 3 is 2.67 bits per heavy atom. The predicted molar refractivity (Wildman–Crippen MR) is 66.5 cm³/mol. The van der Waals surface area contributed by atoms with Gasteiger partial charge in [-0.25, -0.2) is 0 Å². The molecule has 2 rings (SSSR count). The number of hydrogen-bond donors (Lipinski definition) is 1.